The molecule has 0 aliphatic heterocycles. The van der Waals surface area contributed by atoms with Crippen molar-refractivity contribution in [3.05, 3.63) is 65.2 Å². The van der Waals surface area contributed by atoms with Crippen LogP contribution in [0.15, 0.2) is 48.5 Å². The molecular weight excluding hydrogens is 286 g/mol. The van der Waals surface area contributed by atoms with Crippen molar-refractivity contribution in [2.45, 2.75) is 39.2 Å². The first kappa shape index (κ1) is 16.8. The number of hydrogen-bond donors (Lipinski definition) is 0. The standard InChI is InChI=1S/C20H21NO2/c1-14(23-18-8-6-5-7-16(18)13-21)19(22)15-9-11-17(12-10-15)20(2,3)4/h5-12,14H,1-4H3/t14-/m0/s1. The number of nitrogens with zero attached hydrogens (tertiary/aromatic N) is 1. The summed E-state index contributed by atoms with van der Waals surface area (Å²) in [6.07, 6.45) is -0.648. The third kappa shape index (κ3) is 3.98. The Hall–Kier alpha value is -2.60. The van der Waals surface area contributed by atoms with Crippen LogP contribution >= 0.6 is 0 Å². The summed E-state index contributed by atoms with van der Waals surface area (Å²) in [4.78, 5) is 12.5. The first-order valence-corrected chi connectivity index (χ1v) is 7.63. The SMILES string of the molecule is C[C@H](Oc1ccccc1C#N)C(=O)c1ccc(C(C)(C)C)cc1. The van der Waals surface area contributed by atoms with Crippen LogP contribution in [0.4, 0.5) is 0 Å². The Kier molecular flexibility index (Phi) is 4.86. The van der Waals surface area contributed by atoms with Gasteiger partial charge in [0.05, 0.1) is 5.56 Å². The fourth-order valence-corrected chi connectivity index (χ4v) is 2.27. The second-order valence-corrected chi connectivity index (χ2v) is 6.56. The molecule has 0 saturated carbocycles. The second-order valence-electron chi connectivity index (χ2n) is 6.56. The van der Waals surface area contributed by atoms with Crippen LogP contribution in [0.1, 0.15) is 49.2 Å². The van der Waals surface area contributed by atoms with Crippen molar-refractivity contribution in [1.29, 1.82) is 5.26 Å². The third-order valence-corrected chi connectivity index (χ3v) is 3.72. The molecule has 3 nitrogen and oxygen atoms in total. The fourth-order valence-electron chi connectivity index (χ4n) is 2.27. The van der Waals surface area contributed by atoms with Gasteiger partial charge in [-0.3, -0.25) is 4.79 Å². The highest BCUT2D eigenvalue weighted by Gasteiger charge is 2.19. The summed E-state index contributed by atoms with van der Waals surface area (Å²) in [5.74, 6) is 0.334. The van der Waals surface area contributed by atoms with E-state index in [9.17, 15) is 4.79 Å². The maximum atomic E-state index is 12.5. The van der Waals surface area contributed by atoms with E-state index >= 15 is 0 Å². The van der Waals surface area contributed by atoms with E-state index in [1.54, 1.807) is 31.2 Å². The Morgan fingerprint density at radius 2 is 1.70 bits per heavy atom. The molecule has 2 rings (SSSR count). The van der Waals surface area contributed by atoms with Crippen LogP contribution in [0, 0.1) is 11.3 Å². The monoisotopic (exact) mass is 307 g/mol. The summed E-state index contributed by atoms with van der Waals surface area (Å²) in [6.45, 7) is 8.10. The summed E-state index contributed by atoms with van der Waals surface area (Å²) in [6, 6.07) is 16.6. The van der Waals surface area contributed by atoms with Gasteiger partial charge in [0.25, 0.3) is 0 Å². The molecule has 0 aliphatic rings. The Morgan fingerprint density at radius 1 is 1.09 bits per heavy atom. The number of nitriles is 1. The maximum Gasteiger partial charge on any atom is 0.202 e. The molecule has 0 aliphatic carbocycles. The Morgan fingerprint density at radius 3 is 2.26 bits per heavy atom. The number of ketones is 1. The molecule has 2 aromatic rings. The molecule has 3 heteroatoms. The fraction of sp³-hybridized carbons (Fsp3) is 0.300. The Labute approximate surface area is 137 Å². The highest BCUT2D eigenvalue weighted by Crippen LogP contribution is 2.23. The van der Waals surface area contributed by atoms with Gasteiger partial charge < -0.3 is 4.74 Å². The largest absolute Gasteiger partial charge is 0.481 e. The normalized spacial score (nSPS) is 12.3. The van der Waals surface area contributed by atoms with Gasteiger partial charge in [0.15, 0.2) is 6.10 Å². The van der Waals surface area contributed by atoms with Crippen molar-refractivity contribution >= 4 is 5.78 Å². The van der Waals surface area contributed by atoms with E-state index in [1.807, 2.05) is 24.3 Å². The first-order valence-electron chi connectivity index (χ1n) is 7.63. The molecule has 0 unspecified atom stereocenters. The number of hydrogen-bond acceptors (Lipinski definition) is 3. The molecule has 1 atom stereocenters. The van der Waals surface area contributed by atoms with Crippen molar-refractivity contribution < 1.29 is 9.53 Å². The number of benzene rings is 2. The van der Waals surface area contributed by atoms with Gasteiger partial charge in [-0.15, -0.1) is 0 Å². The zero-order chi connectivity index (χ0) is 17.0. The number of ether oxygens (including phenoxy) is 1. The molecule has 0 bridgehead atoms. The second kappa shape index (κ2) is 6.66. The molecule has 0 saturated heterocycles. The summed E-state index contributed by atoms with van der Waals surface area (Å²) < 4.78 is 5.68. The van der Waals surface area contributed by atoms with Crippen LogP contribution in [-0.4, -0.2) is 11.9 Å². The lowest BCUT2D eigenvalue weighted by atomic mass is 9.86. The van der Waals surface area contributed by atoms with Crippen molar-refractivity contribution in [3.8, 4) is 11.8 Å². The van der Waals surface area contributed by atoms with Crippen LogP contribution in [-0.2, 0) is 5.41 Å². The number of Topliss-reactive ketones (excluding diaryl/α,β-unsaturated/α-hetero) is 1. The smallest absolute Gasteiger partial charge is 0.202 e. The number of carbonyl (C=O) groups excluding carboxylic acids is 1. The average molecular weight is 307 g/mol. The van der Waals surface area contributed by atoms with Gasteiger partial charge in [-0.05, 0) is 30.0 Å². The molecule has 2 aromatic carbocycles. The summed E-state index contributed by atoms with van der Waals surface area (Å²) >= 11 is 0. The molecule has 23 heavy (non-hydrogen) atoms. The van der Waals surface area contributed by atoms with Crippen molar-refractivity contribution in [2.75, 3.05) is 0 Å². The lowest BCUT2D eigenvalue weighted by Gasteiger charge is -2.19. The molecule has 118 valence electrons. The molecular formula is C20H21NO2. The van der Waals surface area contributed by atoms with Gasteiger partial charge in [-0.2, -0.15) is 5.26 Å². The molecule has 0 N–H and O–H groups in total. The van der Waals surface area contributed by atoms with Gasteiger partial charge in [0.1, 0.15) is 11.8 Å². The minimum absolute atomic E-state index is 0.0510. The molecule has 0 heterocycles. The zero-order valence-electron chi connectivity index (χ0n) is 14.0. The van der Waals surface area contributed by atoms with E-state index in [0.29, 0.717) is 16.9 Å². The maximum absolute atomic E-state index is 12.5. The van der Waals surface area contributed by atoms with E-state index in [0.717, 1.165) is 0 Å². The summed E-state index contributed by atoms with van der Waals surface area (Å²) in [5, 5.41) is 9.08. The topological polar surface area (TPSA) is 50.1 Å². The average Bonchev–Trinajstić information content (AvgIpc) is 2.54. The van der Waals surface area contributed by atoms with Gasteiger partial charge in [0.2, 0.25) is 5.78 Å². The number of rotatable bonds is 4. The van der Waals surface area contributed by atoms with E-state index in [2.05, 4.69) is 26.8 Å². The van der Waals surface area contributed by atoms with Crippen LogP contribution in [0.25, 0.3) is 0 Å². The molecule has 0 fully saturated rings. The lowest BCUT2D eigenvalue weighted by Crippen LogP contribution is -2.24. The third-order valence-electron chi connectivity index (χ3n) is 3.72. The summed E-state index contributed by atoms with van der Waals surface area (Å²) in [7, 11) is 0. The van der Waals surface area contributed by atoms with Crippen LogP contribution in [0.3, 0.4) is 0 Å². The van der Waals surface area contributed by atoms with Gasteiger partial charge in [-0.25, -0.2) is 0 Å². The summed E-state index contributed by atoms with van der Waals surface area (Å²) in [5.41, 5.74) is 2.27. The minimum atomic E-state index is -0.648. The molecule has 0 aromatic heterocycles. The Bertz CT molecular complexity index is 733. The van der Waals surface area contributed by atoms with E-state index < -0.39 is 6.10 Å². The Balaban J connectivity index is 2.15. The highest BCUT2D eigenvalue weighted by atomic mass is 16.5. The zero-order valence-corrected chi connectivity index (χ0v) is 14.0. The van der Waals surface area contributed by atoms with Crippen molar-refractivity contribution in [1.82, 2.24) is 0 Å². The predicted octanol–water partition coefficient (Wildman–Crippen LogP) is 4.51. The number of carbonyl (C=O) groups is 1. The van der Waals surface area contributed by atoms with E-state index in [4.69, 9.17) is 10.00 Å². The molecule has 0 amide bonds. The minimum Gasteiger partial charge on any atom is -0.481 e. The number of para-hydroxylation sites is 1. The lowest BCUT2D eigenvalue weighted by molar-refractivity contribution is 0.0817. The van der Waals surface area contributed by atoms with E-state index in [1.165, 1.54) is 5.56 Å². The predicted molar refractivity (Wildman–Crippen MR) is 90.7 cm³/mol. The van der Waals surface area contributed by atoms with Crippen LogP contribution in [0.5, 0.6) is 5.75 Å². The first-order chi connectivity index (χ1) is 10.8. The van der Waals surface area contributed by atoms with Crippen molar-refractivity contribution in [2.24, 2.45) is 0 Å². The molecule has 0 spiro atoms. The quantitative estimate of drug-likeness (QED) is 0.781. The van der Waals surface area contributed by atoms with Crippen LogP contribution < -0.4 is 4.74 Å². The highest BCUT2D eigenvalue weighted by molar-refractivity contribution is 5.99. The van der Waals surface area contributed by atoms with Gasteiger partial charge >= 0.3 is 0 Å². The van der Waals surface area contributed by atoms with Gasteiger partial charge in [-0.1, -0.05) is 57.2 Å². The van der Waals surface area contributed by atoms with Crippen LogP contribution in [0.2, 0.25) is 0 Å². The van der Waals surface area contributed by atoms with E-state index in [-0.39, 0.29) is 11.2 Å². The van der Waals surface area contributed by atoms with Gasteiger partial charge in [0, 0.05) is 5.56 Å². The molecule has 0 radical (unpaired) electrons. The van der Waals surface area contributed by atoms with Crippen molar-refractivity contribution in [3.63, 3.8) is 0 Å².